The van der Waals surface area contributed by atoms with E-state index < -0.39 is 6.04 Å². The van der Waals surface area contributed by atoms with Crippen molar-refractivity contribution in [3.8, 4) is 5.75 Å². The van der Waals surface area contributed by atoms with Crippen molar-refractivity contribution >= 4 is 17.9 Å². The molecule has 2 saturated heterocycles. The van der Waals surface area contributed by atoms with Crippen LogP contribution < -0.4 is 10.1 Å². The summed E-state index contributed by atoms with van der Waals surface area (Å²) in [6.45, 7) is 4.31. The Bertz CT molecular complexity index is 761. The minimum Gasteiger partial charge on any atom is -0.496 e. The van der Waals surface area contributed by atoms with Crippen LogP contribution in [0.3, 0.4) is 0 Å². The zero-order chi connectivity index (χ0) is 22.1. The van der Waals surface area contributed by atoms with Crippen LogP contribution in [0.5, 0.6) is 5.75 Å². The van der Waals surface area contributed by atoms with Gasteiger partial charge in [-0.25, -0.2) is 0 Å². The van der Waals surface area contributed by atoms with E-state index in [2.05, 4.69) is 10.2 Å². The summed E-state index contributed by atoms with van der Waals surface area (Å²) in [5.74, 6) is 1.39. The van der Waals surface area contributed by atoms with E-state index in [4.69, 9.17) is 9.47 Å². The van der Waals surface area contributed by atoms with Gasteiger partial charge in [0.1, 0.15) is 5.75 Å². The van der Waals surface area contributed by atoms with Gasteiger partial charge < -0.3 is 19.7 Å². The molecule has 7 heteroatoms. The molecule has 1 N–H and O–H groups in total. The lowest BCUT2D eigenvalue weighted by Crippen LogP contribution is -2.56. The maximum absolute atomic E-state index is 12.8. The molecule has 1 atom stereocenters. The highest BCUT2D eigenvalue weighted by Crippen LogP contribution is 2.20. The second kappa shape index (κ2) is 11.9. The fraction of sp³-hybridized carbons (Fsp3) is 0.583. The van der Waals surface area contributed by atoms with Crippen LogP contribution in [0.15, 0.2) is 30.3 Å². The molecule has 0 bridgehead atoms. The molecule has 1 aromatic carbocycles. The summed E-state index contributed by atoms with van der Waals surface area (Å²) in [7, 11) is 3.50. The first-order valence-electron chi connectivity index (χ1n) is 11.2. The van der Waals surface area contributed by atoms with Crippen molar-refractivity contribution in [1.29, 1.82) is 0 Å². The Morgan fingerprint density at radius 3 is 2.87 bits per heavy atom. The lowest BCUT2D eigenvalue weighted by molar-refractivity contribution is -0.138. The zero-order valence-corrected chi connectivity index (χ0v) is 18.7. The molecule has 0 radical (unpaired) electrons. The van der Waals surface area contributed by atoms with Gasteiger partial charge >= 0.3 is 0 Å². The SMILES string of the molecule is COc1ccccc1/C=C/CN1CCNC(=O)C1CC(=O)N(C)CCC1CCOCC1. The van der Waals surface area contributed by atoms with E-state index >= 15 is 0 Å². The van der Waals surface area contributed by atoms with Gasteiger partial charge in [-0.2, -0.15) is 0 Å². The molecule has 170 valence electrons. The van der Waals surface area contributed by atoms with Crippen LogP contribution in [0.4, 0.5) is 0 Å². The third kappa shape index (κ3) is 6.80. The van der Waals surface area contributed by atoms with Crippen molar-refractivity contribution < 1.29 is 19.1 Å². The molecule has 2 heterocycles. The number of piperazine rings is 1. The number of nitrogens with one attached hydrogen (secondary N) is 1. The largest absolute Gasteiger partial charge is 0.496 e. The number of para-hydroxylation sites is 1. The van der Waals surface area contributed by atoms with Gasteiger partial charge in [0.2, 0.25) is 11.8 Å². The molecule has 2 amide bonds. The second-order valence-electron chi connectivity index (χ2n) is 8.31. The highest BCUT2D eigenvalue weighted by molar-refractivity contribution is 5.88. The number of rotatable bonds is 9. The molecule has 1 unspecified atom stereocenters. The number of amides is 2. The van der Waals surface area contributed by atoms with E-state index in [0.717, 1.165) is 56.9 Å². The summed E-state index contributed by atoms with van der Waals surface area (Å²) in [6, 6.07) is 7.38. The van der Waals surface area contributed by atoms with Gasteiger partial charge in [-0.3, -0.25) is 14.5 Å². The number of carbonyl (C=O) groups is 2. The molecule has 0 aromatic heterocycles. The predicted octanol–water partition coefficient (Wildman–Crippen LogP) is 2.17. The van der Waals surface area contributed by atoms with Gasteiger partial charge in [0, 0.05) is 52.0 Å². The van der Waals surface area contributed by atoms with Crippen LogP contribution in [0, 0.1) is 5.92 Å². The Morgan fingerprint density at radius 2 is 2.10 bits per heavy atom. The Hall–Kier alpha value is -2.38. The quantitative estimate of drug-likeness (QED) is 0.652. The highest BCUT2D eigenvalue weighted by atomic mass is 16.5. The first-order valence-corrected chi connectivity index (χ1v) is 11.2. The normalized spacial score (nSPS) is 20.6. The van der Waals surface area contributed by atoms with Crippen LogP contribution in [0.25, 0.3) is 6.08 Å². The number of benzene rings is 1. The van der Waals surface area contributed by atoms with Crippen LogP contribution in [-0.4, -0.2) is 81.2 Å². The maximum atomic E-state index is 12.8. The number of ether oxygens (including phenoxy) is 2. The topological polar surface area (TPSA) is 71.1 Å². The number of carbonyl (C=O) groups excluding carboxylic acids is 2. The summed E-state index contributed by atoms with van der Waals surface area (Å²) >= 11 is 0. The van der Waals surface area contributed by atoms with Crippen molar-refractivity contribution in [2.45, 2.75) is 31.7 Å². The molecule has 0 aliphatic carbocycles. The monoisotopic (exact) mass is 429 g/mol. The number of nitrogens with zero attached hydrogens (tertiary/aromatic N) is 2. The van der Waals surface area contributed by atoms with Crippen LogP contribution >= 0.6 is 0 Å². The van der Waals surface area contributed by atoms with E-state index in [9.17, 15) is 9.59 Å². The molecule has 2 fully saturated rings. The smallest absolute Gasteiger partial charge is 0.237 e. The Kier molecular flexibility index (Phi) is 8.91. The van der Waals surface area contributed by atoms with E-state index in [-0.39, 0.29) is 18.2 Å². The Morgan fingerprint density at radius 1 is 1.32 bits per heavy atom. The standard InChI is InChI=1S/C24H35N3O4/c1-26(14-9-19-10-16-31-17-11-19)23(28)18-21-24(29)25-12-15-27(21)13-5-7-20-6-3-4-8-22(20)30-2/h3-8,19,21H,9-18H2,1-2H3,(H,25,29)/b7-5+. The number of methoxy groups -OCH3 is 1. The molecule has 2 aliphatic rings. The van der Waals surface area contributed by atoms with Gasteiger partial charge in [-0.15, -0.1) is 0 Å². The fourth-order valence-corrected chi connectivity index (χ4v) is 4.18. The van der Waals surface area contributed by atoms with Crippen LogP contribution in [0.1, 0.15) is 31.2 Å². The summed E-state index contributed by atoms with van der Waals surface area (Å²) in [4.78, 5) is 29.2. The number of hydrogen-bond donors (Lipinski definition) is 1. The van der Waals surface area contributed by atoms with Crippen LogP contribution in [-0.2, 0) is 14.3 Å². The van der Waals surface area contributed by atoms with E-state index in [1.165, 1.54) is 0 Å². The number of hydrogen-bond acceptors (Lipinski definition) is 5. The van der Waals surface area contributed by atoms with Gasteiger partial charge in [-0.05, 0) is 31.2 Å². The molecule has 1 aromatic rings. The van der Waals surface area contributed by atoms with Crippen LogP contribution in [0.2, 0.25) is 0 Å². The van der Waals surface area contributed by atoms with Crippen molar-refractivity contribution in [2.75, 3.05) is 53.6 Å². The molecule has 2 aliphatic heterocycles. The van der Waals surface area contributed by atoms with Crippen molar-refractivity contribution in [3.63, 3.8) is 0 Å². The summed E-state index contributed by atoms with van der Waals surface area (Å²) in [5.41, 5.74) is 0.993. The average molecular weight is 430 g/mol. The minimum atomic E-state index is -0.436. The van der Waals surface area contributed by atoms with E-state index in [0.29, 0.717) is 19.0 Å². The Labute approximate surface area is 185 Å². The summed E-state index contributed by atoms with van der Waals surface area (Å²) < 4.78 is 10.8. The summed E-state index contributed by atoms with van der Waals surface area (Å²) in [5, 5.41) is 2.91. The average Bonchev–Trinajstić information content (AvgIpc) is 2.80. The van der Waals surface area contributed by atoms with Gasteiger partial charge in [0.05, 0.1) is 19.6 Å². The lowest BCUT2D eigenvalue weighted by Gasteiger charge is -2.35. The van der Waals surface area contributed by atoms with E-state index in [1.807, 2.05) is 43.5 Å². The van der Waals surface area contributed by atoms with Crippen molar-refractivity contribution in [3.05, 3.63) is 35.9 Å². The predicted molar refractivity (Wildman–Crippen MR) is 121 cm³/mol. The summed E-state index contributed by atoms with van der Waals surface area (Å²) in [6.07, 6.45) is 7.37. The first-order chi connectivity index (χ1) is 15.1. The van der Waals surface area contributed by atoms with Gasteiger partial charge in [-0.1, -0.05) is 30.4 Å². The molecular weight excluding hydrogens is 394 g/mol. The maximum Gasteiger partial charge on any atom is 0.237 e. The molecular formula is C24H35N3O4. The Balaban J connectivity index is 1.53. The van der Waals surface area contributed by atoms with E-state index in [1.54, 1.807) is 12.0 Å². The molecule has 3 rings (SSSR count). The second-order valence-corrected chi connectivity index (χ2v) is 8.31. The van der Waals surface area contributed by atoms with Gasteiger partial charge in [0.15, 0.2) is 0 Å². The molecule has 7 nitrogen and oxygen atoms in total. The third-order valence-electron chi connectivity index (χ3n) is 6.23. The minimum absolute atomic E-state index is 0.0211. The lowest BCUT2D eigenvalue weighted by atomic mass is 9.96. The van der Waals surface area contributed by atoms with Crippen molar-refractivity contribution in [1.82, 2.24) is 15.1 Å². The molecule has 0 saturated carbocycles. The highest BCUT2D eigenvalue weighted by Gasteiger charge is 2.31. The third-order valence-corrected chi connectivity index (χ3v) is 6.23. The van der Waals surface area contributed by atoms with Gasteiger partial charge in [0.25, 0.3) is 0 Å². The van der Waals surface area contributed by atoms with Crippen molar-refractivity contribution in [2.24, 2.45) is 5.92 Å². The molecule has 0 spiro atoms. The fourth-order valence-electron chi connectivity index (χ4n) is 4.18. The first kappa shape index (κ1) is 23.3. The zero-order valence-electron chi connectivity index (χ0n) is 18.7. The molecule has 31 heavy (non-hydrogen) atoms.